The van der Waals surface area contributed by atoms with Crippen molar-refractivity contribution in [2.24, 2.45) is 5.14 Å². The summed E-state index contributed by atoms with van der Waals surface area (Å²) >= 11 is 3.35. The van der Waals surface area contributed by atoms with Crippen molar-refractivity contribution in [1.82, 2.24) is 5.32 Å². The van der Waals surface area contributed by atoms with Crippen molar-refractivity contribution < 1.29 is 13.5 Å². The molecule has 7 heteroatoms. The molecule has 0 amide bonds. The third-order valence-corrected chi connectivity index (χ3v) is 4.32. The summed E-state index contributed by atoms with van der Waals surface area (Å²) in [7, 11) is -3.69. The van der Waals surface area contributed by atoms with Crippen molar-refractivity contribution in [3.05, 3.63) is 58.1 Å². The molecule has 0 spiro atoms. The minimum absolute atomic E-state index is 0.0899. The summed E-state index contributed by atoms with van der Waals surface area (Å²) in [6, 6.07) is 11.6. The molecule has 4 N–H and O–H groups in total. The summed E-state index contributed by atoms with van der Waals surface area (Å²) in [6.07, 6.45) is 0. The minimum Gasteiger partial charge on any atom is -0.508 e. The number of benzene rings is 2. The maximum atomic E-state index is 11.3. The van der Waals surface area contributed by atoms with E-state index in [0.29, 0.717) is 13.1 Å². The lowest BCUT2D eigenvalue weighted by molar-refractivity contribution is 0.464. The lowest BCUT2D eigenvalue weighted by atomic mass is 10.2. The molecule has 0 saturated carbocycles. The van der Waals surface area contributed by atoms with E-state index in [1.165, 1.54) is 12.1 Å². The maximum absolute atomic E-state index is 11.3. The van der Waals surface area contributed by atoms with E-state index in [2.05, 4.69) is 21.2 Å². The highest BCUT2D eigenvalue weighted by atomic mass is 79.9. The Balaban J connectivity index is 2.02. The van der Waals surface area contributed by atoms with Gasteiger partial charge in [-0.1, -0.05) is 28.1 Å². The van der Waals surface area contributed by atoms with Crippen molar-refractivity contribution in [3.8, 4) is 5.75 Å². The number of sulfonamides is 1. The molecule has 0 aliphatic carbocycles. The van der Waals surface area contributed by atoms with Crippen molar-refractivity contribution in [1.29, 1.82) is 0 Å². The first kappa shape index (κ1) is 16.0. The van der Waals surface area contributed by atoms with Gasteiger partial charge in [-0.3, -0.25) is 0 Å². The average Bonchev–Trinajstić information content (AvgIpc) is 2.42. The van der Waals surface area contributed by atoms with Crippen LogP contribution in [-0.4, -0.2) is 13.5 Å². The number of phenolic OH excluding ortho intramolecular Hbond substituents is 1. The Morgan fingerprint density at radius 1 is 1.14 bits per heavy atom. The molecular formula is C14H15BrN2O3S. The standard InChI is InChI=1S/C14H15BrN2O3S/c15-12-4-5-14(18)11(7-12)9-17-8-10-2-1-3-13(6-10)21(16,19)20/h1-7,17-18H,8-9H2,(H2,16,19,20). The second kappa shape index (κ2) is 6.57. The van der Waals surface area contributed by atoms with E-state index in [9.17, 15) is 13.5 Å². The Morgan fingerprint density at radius 2 is 1.90 bits per heavy atom. The molecule has 2 aromatic rings. The van der Waals surface area contributed by atoms with Crippen LogP contribution < -0.4 is 10.5 Å². The molecule has 0 atom stereocenters. The Labute approximate surface area is 132 Å². The van der Waals surface area contributed by atoms with Crippen LogP contribution in [0.25, 0.3) is 0 Å². The van der Waals surface area contributed by atoms with E-state index in [4.69, 9.17) is 5.14 Å². The van der Waals surface area contributed by atoms with Crippen LogP contribution in [0, 0.1) is 0 Å². The number of phenols is 1. The molecule has 2 rings (SSSR count). The highest BCUT2D eigenvalue weighted by Gasteiger charge is 2.08. The third kappa shape index (κ3) is 4.53. The average molecular weight is 371 g/mol. The van der Waals surface area contributed by atoms with Gasteiger partial charge < -0.3 is 10.4 Å². The normalized spacial score (nSPS) is 11.5. The number of halogens is 1. The second-order valence-electron chi connectivity index (χ2n) is 4.57. The summed E-state index contributed by atoms with van der Waals surface area (Å²) < 4.78 is 23.4. The topological polar surface area (TPSA) is 92.4 Å². The van der Waals surface area contributed by atoms with Gasteiger partial charge in [-0.05, 0) is 35.9 Å². The Bertz CT molecular complexity index is 748. The molecule has 0 heterocycles. The highest BCUT2D eigenvalue weighted by molar-refractivity contribution is 9.10. The predicted octanol–water partition coefficient (Wildman–Crippen LogP) is 2.09. The van der Waals surface area contributed by atoms with E-state index in [0.717, 1.165) is 15.6 Å². The fourth-order valence-electron chi connectivity index (χ4n) is 1.87. The van der Waals surface area contributed by atoms with Gasteiger partial charge in [-0.2, -0.15) is 0 Å². The number of rotatable bonds is 5. The highest BCUT2D eigenvalue weighted by Crippen LogP contribution is 2.21. The van der Waals surface area contributed by atoms with Crippen LogP contribution >= 0.6 is 15.9 Å². The molecule has 0 fully saturated rings. The molecule has 0 radical (unpaired) electrons. The molecule has 112 valence electrons. The summed E-state index contributed by atoms with van der Waals surface area (Å²) in [5, 5.41) is 18.0. The molecule has 0 aliphatic rings. The van der Waals surface area contributed by atoms with E-state index < -0.39 is 10.0 Å². The van der Waals surface area contributed by atoms with Crippen molar-refractivity contribution in [2.45, 2.75) is 18.0 Å². The quantitative estimate of drug-likeness (QED) is 0.751. The minimum atomic E-state index is -3.69. The molecule has 21 heavy (non-hydrogen) atoms. The van der Waals surface area contributed by atoms with Crippen LogP contribution in [0.4, 0.5) is 0 Å². The molecule has 5 nitrogen and oxygen atoms in total. The first-order valence-electron chi connectivity index (χ1n) is 6.16. The molecule has 2 aromatic carbocycles. The Morgan fingerprint density at radius 3 is 2.62 bits per heavy atom. The maximum Gasteiger partial charge on any atom is 0.238 e. The molecule has 0 saturated heterocycles. The van der Waals surface area contributed by atoms with E-state index in [1.54, 1.807) is 18.2 Å². The SMILES string of the molecule is NS(=O)(=O)c1cccc(CNCc2cc(Br)ccc2O)c1. The predicted molar refractivity (Wildman–Crippen MR) is 84.2 cm³/mol. The monoisotopic (exact) mass is 370 g/mol. The number of nitrogens with two attached hydrogens (primary N) is 1. The van der Waals surface area contributed by atoms with Crippen LogP contribution in [0.3, 0.4) is 0 Å². The van der Waals surface area contributed by atoms with Crippen molar-refractivity contribution in [2.75, 3.05) is 0 Å². The van der Waals surface area contributed by atoms with Crippen LogP contribution in [0.5, 0.6) is 5.75 Å². The van der Waals surface area contributed by atoms with Gasteiger partial charge in [0.15, 0.2) is 0 Å². The van der Waals surface area contributed by atoms with Crippen molar-refractivity contribution in [3.63, 3.8) is 0 Å². The molecule has 0 aliphatic heterocycles. The van der Waals surface area contributed by atoms with Crippen LogP contribution in [-0.2, 0) is 23.1 Å². The van der Waals surface area contributed by atoms with Gasteiger partial charge >= 0.3 is 0 Å². The van der Waals surface area contributed by atoms with Gasteiger partial charge in [0.25, 0.3) is 0 Å². The third-order valence-electron chi connectivity index (χ3n) is 2.91. The summed E-state index contributed by atoms with van der Waals surface area (Å²) in [4.78, 5) is 0.0899. The first-order chi connectivity index (χ1) is 9.86. The van der Waals surface area contributed by atoms with E-state index in [-0.39, 0.29) is 10.6 Å². The van der Waals surface area contributed by atoms with Gasteiger partial charge in [-0.25, -0.2) is 13.6 Å². The largest absolute Gasteiger partial charge is 0.508 e. The second-order valence-corrected chi connectivity index (χ2v) is 7.05. The van der Waals surface area contributed by atoms with Gasteiger partial charge in [0, 0.05) is 23.1 Å². The van der Waals surface area contributed by atoms with Crippen LogP contribution in [0.1, 0.15) is 11.1 Å². The zero-order valence-corrected chi connectivity index (χ0v) is 13.5. The van der Waals surface area contributed by atoms with Gasteiger partial charge in [0.05, 0.1) is 4.90 Å². The Hall–Kier alpha value is -1.41. The number of hydrogen-bond acceptors (Lipinski definition) is 4. The number of nitrogens with one attached hydrogen (secondary N) is 1. The van der Waals surface area contributed by atoms with Crippen molar-refractivity contribution >= 4 is 26.0 Å². The fraction of sp³-hybridized carbons (Fsp3) is 0.143. The number of hydrogen-bond donors (Lipinski definition) is 3. The summed E-state index contributed by atoms with van der Waals surface area (Å²) in [5.41, 5.74) is 1.56. The lowest BCUT2D eigenvalue weighted by Gasteiger charge is -2.08. The fourth-order valence-corrected chi connectivity index (χ4v) is 2.86. The van der Waals surface area contributed by atoms with Crippen LogP contribution in [0.15, 0.2) is 51.8 Å². The lowest BCUT2D eigenvalue weighted by Crippen LogP contribution is -2.15. The molecular weight excluding hydrogens is 356 g/mol. The zero-order valence-electron chi connectivity index (χ0n) is 11.1. The molecule has 0 bridgehead atoms. The van der Waals surface area contributed by atoms with Gasteiger partial charge in [0.2, 0.25) is 10.0 Å². The van der Waals surface area contributed by atoms with E-state index >= 15 is 0 Å². The summed E-state index contributed by atoms with van der Waals surface area (Å²) in [5.74, 6) is 0.212. The molecule has 0 aromatic heterocycles. The summed E-state index contributed by atoms with van der Waals surface area (Å²) in [6.45, 7) is 0.931. The number of aromatic hydroxyl groups is 1. The molecule has 0 unspecified atom stereocenters. The van der Waals surface area contributed by atoms with E-state index in [1.807, 2.05) is 12.1 Å². The van der Waals surface area contributed by atoms with Gasteiger partial charge in [-0.15, -0.1) is 0 Å². The zero-order chi connectivity index (χ0) is 15.5. The Kier molecular flexibility index (Phi) is 5.00. The first-order valence-corrected chi connectivity index (χ1v) is 8.50. The number of primary sulfonamides is 1. The van der Waals surface area contributed by atoms with Gasteiger partial charge in [0.1, 0.15) is 5.75 Å². The van der Waals surface area contributed by atoms with Crippen LogP contribution in [0.2, 0.25) is 0 Å². The smallest absolute Gasteiger partial charge is 0.238 e.